The molecule has 2 aliphatic heterocycles. The minimum absolute atomic E-state index is 0.00323. The highest BCUT2D eigenvalue weighted by atomic mass is 32.2. The van der Waals surface area contributed by atoms with Gasteiger partial charge in [-0.3, -0.25) is 4.79 Å². The van der Waals surface area contributed by atoms with Crippen molar-refractivity contribution in [1.29, 1.82) is 0 Å². The van der Waals surface area contributed by atoms with Gasteiger partial charge in [-0.25, -0.2) is 18.4 Å². The molecule has 140 valence electrons. The lowest BCUT2D eigenvalue weighted by atomic mass is 9.83. The summed E-state index contributed by atoms with van der Waals surface area (Å²) in [6.45, 7) is 0.804. The van der Waals surface area contributed by atoms with Crippen LogP contribution in [0.25, 0.3) is 0 Å². The zero-order chi connectivity index (χ0) is 18.2. The van der Waals surface area contributed by atoms with E-state index in [0.29, 0.717) is 6.42 Å². The first-order valence-corrected chi connectivity index (χ1v) is 10.8. The van der Waals surface area contributed by atoms with Crippen LogP contribution in [-0.4, -0.2) is 59.4 Å². The number of rotatable bonds is 4. The van der Waals surface area contributed by atoms with Crippen molar-refractivity contribution >= 4 is 15.7 Å². The first-order chi connectivity index (χ1) is 12.5. The van der Waals surface area contributed by atoms with Crippen molar-refractivity contribution in [3.63, 3.8) is 0 Å². The van der Waals surface area contributed by atoms with E-state index in [1.807, 2.05) is 6.08 Å². The number of likely N-dealkylation sites (tertiary alicyclic amines) is 1. The maximum atomic E-state index is 12.7. The smallest absolute Gasteiger partial charge is 0.316 e. The molecule has 4 rings (SSSR count). The molecule has 0 radical (unpaired) electrons. The number of aromatic nitrogens is 2. The fourth-order valence-electron chi connectivity index (χ4n) is 4.22. The third-order valence-corrected chi connectivity index (χ3v) is 8.43. The van der Waals surface area contributed by atoms with Crippen molar-refractivity contribution in [1.82, 2.24) is 14.9 Å². The SMILES string of the molecule is O=C(C1=CCCCC1)N1CC2(C1)[C@H](COc1ncccn1)CCS2(=O)=O. The van der Waals surface area contributed by atoms with E-state index in [4.69, 9.17) is 4.74 Å². The lowest BCUT2D eigenvalue weighted by Crippen LogP contribution is -2.69. The van der Waals surface area contributed by atoms with Crippen LogP contribution in [0.1, 0.15) is 32.1 Å². The summed E-state index contributed by atoms with van der Waals surface area (Å²) < 4.78 is 30.1. The average Bonchev–Trinajstić information content (AvgIpc) is 2.90. The Morgan fingerprint density at radius 3 is 2.73 bits per heavy atom. The summed E-state index contributed by atoms with van der Waals surface area (Å²) in [7, 11) is -3.23. The predicted octanol–water partition coefficient (Wildman–Crippen LogP) is 1.37. The summed E-state index contributed by atoms with van der Waals surface area (Å²) in [6.07, 6.45) is 9.63. The summed E-state index contributed by atoms with van der Waals surface area (Å²) in [6, 6.07) is 1.95. The van der Waals surface area contributed by atoms with Crippen molar-refractivity contribution in [3.8, 4) is 6.01 Å². The largest absolute Gasteiger partial charge is 0.463 e. The van der Waals surface area contributed by atoms with Gasteiger partial charge in [-0.15, -0.1) is 0 Å². The second kappa shape index (κ2) is 6.64. The third-order valence-electron chi connectivity index (χ3n) is 5.82. The maximum absolute atomic E-state index is 12.7. The average molecular weight is 377 g/mol. The minimum Gasteiger partial charge on any atom is -0.463 e. The number of sulfone groups is 1. The molecule has 1 aromatic heterocycles. The Hall–Kier alpha value is -1.96. The maximum Gasteiger partial charge on any atom is 0.316 e. The number of hydrogen-bond acceptors (Lipinski definition) is 6. The standard InChI is InChI=1S/C18H23N3O4S/c22-16(14-5-2-1-3-6-14)21-12-18(13-21)15(7-10-26(18,23)24)11-25-17-19-8-4-9-20-17/h4-5,8-9,15H,1-3,6-7,10-13H2/t15-/m0/s1. The second-order valence-corrected chi connectivity index (χ2v) is 9.80. The van der Waals surface area contributed by atoms with Gasteiger partial charge in [0.2, 0.25) is 5.91 Å². The number of nitrogens with zero attached hydrogens (tertiary/aromatic N) is 3. The molecule has 1 amide bonds. The van der Waals surface area contributed by atoms with Gasteiger partial charge in [-0.05, 0) is 38.2 Å². The van der Waals surface area contributed by atoms with Gasteiger partial charge in [0.25, 0.3) is 0 Å². The molecular weight excluding hydrogens is 354 g/mol. The van der Waals surface area contributed by atoms with E-state index in [-0.39, 0.29) is 43.3 Å². The van der Waals surface area contributed by atoms with E-state index in [2.05, 4.69) is 9.97 Å². The number of ether oxygens (including phenoxy) is 1. The van der Waals surface area contributed by atoms with E-state index in [1.165, 1.54) is 0 Å². The normalized spacial score (nSPS) is 26.2. The molecule has 7 nitrogen and oxygen atoms in total. The van der Waals surface area contributed by atoms with Gasteiger partial charge in [0.05, 0.1) is 12.4 Å². The fourth-order valence-corrected chi connectivity index (χ4v) is 6.62. The predicted molar refractivity (Wildman–Crippen MR) is 95.3 cm³/mol. The highest BCUT2D eigenvalue weighted by Gasteiger charge is 2.62. The van der Waals surface area contributed by atoms with Crippen molar-refractivity contribution in [2.24, 2.45) is 5.92 Å². The van der Waals surface area contributed by atoms with E-state index in [9.17, 15) is 13.2 Å². The van der Waals surface area contributed by atoms with Crippen LogP contribution in [0.3, 0.4) is 0 Å². The number of allylic oxidation sites excluding steroid dienone is 1. The molecule has 0 bridgehead atoms. The number of hydrogen-bond donors (Lipinski definition) is 0. The van der Waals surface area contributed by atoms with Gasteiger partial charge in [0.1, 0.15) is 4.75 Å². The molecule has 3 aliphatic rings. The van der Waals surface area contributed by atoms with Crippen molar-refractivity contribution in [2.45, 2.75) is 36.9 Å². The van der Waals surface area contributed by atoms with Gasteiger partial charge in [-0.2, -0.15) is 0 Å². The Morgan fingerprint density at radius 1 is 1.27 bits per heavy atom. The number of carbonyl (C=O) groups excluding carboxylic acids is 1. The van der Waals surface area contributed by atoms with Crippen LogP contribution in [0.5, 0.6) is 6.01 Å². The highest BCUT2D eigenvalue weighted by Crippen LogP contribution is 2.45. The Bertz CT molecular complexity index is 816. The Labute approximate surface area is 153 Å². The van der Waals surface area contributed by atoms with Crippen LogP contribution in [0.4, 0.5) is 0 Å². The fraction of sp³-hybridized carbons (Fsp3) is 0.611. The van der Waals surface area contributed by atoms with Gasteiger partial charge in [0, 0.05) is 37.0 Å². The van der Waals surface area contributed by atoms with E-state index in [0.717, 1.165) is 31.3 Å². The molecule has 8 heteroatoms. The quantitative estimate of drug-likeness (QED) is 0.787. The van der Waals surface area contributed by atoms with Crippen molar-refractivity contribution in [2.75, 3.05) is 25.4 Å². The van der Waals surface area contributed by atoms with Gasteiger partial charge in [0.15, 0.2) is 9.84 Å². The van der Waals surface area contributed by atoms with Crippen molar-refractivity contribution in [3.05, 3.63) is 30.1 Å². The molecule has 2 saturated heterocycles. The molecule has 0 aromatic carbocycles. The molecule has 0 unspecified atom stereocenters. The van der Waals surface area contributed by atoms with Crippen LogP contribution < -0.4 is 4.74 Å². The molecular formula is C18H23N3O4S. The Balaban J connectivity index is 1.45. The minimum atomic E-state index is -3.23. The highest BCUT2D eigenvalue weighted by molar-refractivity contribution is 7.93. The zero-order valence-corrected chi connectivity index (χ0v) is 15.5. The molecule has 26 heavy (non-hydrogen) atoms. The van der Waals surface area contributed by atoms with E-state index < -0.39 is 14.6 Å². The van der Waals surface area contributed by atoms with Crippen LogP contribution in [-0.2, 0) is 14.6 Å². The lowest BCUT2D eigenvalue weighted by Gasteiger charge is -2.50. The van der Waals surface area contributed by atoms with Gasteiger partial charge >= 0.3 is 6.01 Å². The summed E-state index contributed by atoms with van der Waals surface area (Å²) in [5.74, 6) is 0.0191. The molecule has 3 heterocycles. The van der Waals surface area contributed by atoms with E-state index >= 15 is 0 Å². The van der Waals surface area contributed by atoms with Crippen LogP contribution >= 0.6 is 0 Å². The third kappa shape index (κ3) is 2.90. The van der Waals surface area contributed by atoms with Crippen LogP contribution in [0.2, 0.25) is 0 Å². The van der Waals surface area contributed by atoms with Gasteiger partial charge in [-0.1, -0.05) is 6.08 Å². The number of amides is 1. The summed E-state index contributed by atoms with van der Waals surface area (Å²) in [5.41, 5.74) is 0.840. The van der Waals surface area contributed by atoms with E-state index in [1.54, 1.807) is 23.4 Å². The Kier molecular flexibility index (Phi) is 4.46. The van der Waals surface area contributed by atoms with Crippen LogP contribution in [0, 0.1) is 5.92 Å². The molecule has 1 atom stereocenters. The first kappa shape index (κ1) is 17.5. The van der Waals surface area contributed by atoms with Crippen LogP contribution in [0.15, 0.2) is 30.1 Å². The molecule has 2 fully saturated rings. The number of carbonyl (C=O) groups is 1. The molecule has 1 aliphatic carbocycles. The molecule has 0 N–H and O–H groups in total. The molecule has 1 spiro atoms. The lowest BCUT2D eigenvalue weighted by molar-refractivity contribution is -0.133. The summed E-state index contributed by atoms with van der Waals surface area (Å²) >= 11 is 0. The van der Waals surface area contributed by atoms with Gasteiger partial charge < -0.3 is 9.64 Å². The Morgan fingerprint density at radius 2 is 2.04 bits per heavy atom. The topological polar surface area (TPSA) is 89.5 Å². The second-order valence-electron chi connectivity index (χ2n) is 7.35. The summed E-state index contributed by atoms with van der Waals surface area (Å²) in [4.78, 5) is 22.4. The molecule has 0 saturated carbocycles. The monoisotopic (exact) mass is 377 g/mol. The molecule has 1 aromatic rings. The van der Waals surface area contributed by atoms with Crippen molar-refractivity contribution < 1.29 is 17.9 Å². The summed E-state index contributed by atoms with van der Waals surface area (Å²) in [5, 5.41) is 0. The zero-order valence-electron chi connectivity index (χ0n) is 14.6. The first-order valence-electron chi connectivity index (χ1n) is 9.12.